The van der Waals surface area contributed by atoms with Crippen molar-refractivity contribution >= 4 is 28.2 Å². The number of furan rings is 1. The minimum absolute atomic E-state index is 0.0219. The van der Waals surface area contributed by atoms with Gasteiger partial charge >= 0.3 is 0 Å². The number of carbonyl (C=O) groups is 1. The van der Waals surface area contributed by atoms with Gasteiger partial charge in [-0.1, -0.05) is 30.3 Å². The van der Waals surface area contributed by atoms with Gasteiger partial charge in [-0.25, -0.2) is 0 Å². The summed E-state index contributed by atoms with van der Waals surface area (Å²) < 4.78 is 5.83. The van der Waals surface area contributed by atoms with Crippen molar-refractivity contribution in [3.63, 3.8) is 0 Å². The molecule has 130 valence electrons. The van der Waals surface area contributed by atoms with Crippen LogP contribution in [0.1, 0.15) is 23.6 Å². The van der Waals surface area contributed by atoms with E-state index >= 15 is 0 Å². The van der Waals surface area contributed by atoms with E-state index < -0.39 is 0 Å². The summed E-state index contributed by atoms with van der Waals surface area (Å²) in [7, 11) is 0. The zero-order valence-electron chi connectivity index (χ0n) is 14.3. The number of nitrogens with zero attached hydrogens (tertiary/aromatic N) is 1. The maximum absolute atomic E-state index is 12.4. The Labute approximate surface area is 151 Å². The van der Waals surface area contributed by atoms with Gasteiger partial charge in [0.25, 0.3) is 0 Å². The van der Waals surface area contributed by atoms with Gasteiger partial charge in [0.2, 0.25) is 5.91 Å². The smallest absolute Gasteiger partial charge is 0.234 e. The number of hydrogen-bond acceptors (Lipinski definition) is 4. The summed E-state index contributed by atoms with van der Waals surface area (Å²) in [6, 6.07) is 13.8. The van der Waals surface area contributed by atoms with E-state index in [0.717, 1.165) is 23.3 Å². The van der Waals surface area contributed by atoms with Crippen LogP contribution in [-0.4, -0.2) is 23.9 Å². The molecule has 3 aromatic rings. The van der Waals surface area contributed by atoms with E-state index in [1.165, 1.54) is 4.88 Å². The summed E-state index contributed by atoms with van der Waals surface area (Å²) >= 11 is 1.69. The van der Waals surface area contributed by atoms with Crippen molar-refractivity contribution in [2.45, 2.75) is 19.5 Å². The van der Waals surface area contributed by atoms with Crippen LogP contribution in [0.25, 0.3) is 11.0 Å². The lowest BCUT2D eigenvalue weighted by Gasteiger charge is -2.20. The molecule has 0 saturated heterocycles. The molecule has 2 heterocycles. The van der Waals surface area contributed by atoms with E-state index in [0.29, 0.717) is 13.1 Å². The second-order valence-electron chi connectivity index (χ2n) is 6.01. The van der Waals surface area contributed by atoms with E-state index in [4.69, 9.17) is 4.42 Å². The van der Waals surface area contributed by atoms with Gasteiger partial charge in [-0.3, -0.25) is 9.69 Å². The predicted octanol–water partition coefficient (Wildman–Crippen LogP) is 4.36. The zero-order valence-corrected chi connectivity index (χ0v) is 15.1. The van der Waals surface area contributed by atoms with E-state index in [1.807, 2.05) is 54.8 Å². The number of amides is 1. The first kappa shape index (κ1) is 17.5. The first-order valence-electron chi connectivity index (χ1n) is 8.29. The highest BCUT2D eigenvalue weighted by Gasteiger charge is 2.16. The molecule has 0 aliphatic carbocycles. The van der Waals surface area contributed by atoms with Gasteiger partial charge in [0, 0.05) is 23.4 Å². The topological polar surface area (TPSA) is 45.5 Å². The van der Waals surface area contributed by atoms with Gasteiger partial charge in [0.05, 0.1) is 12.6 Å². The number of thiophene rings is 1. The van der Waals surface area contributed by atoms with Crippen LogP contribution in [-0.2, 0) is 11.3 Å². The Morgan fingerprint density at radius 1 is 1.36 bits per heavy atom. The summed E-state index contributed by atoms with van der Waals surface area (Å²) in [5.74, 6) is 0.745. The minimum atomic E-state index is -0.174. The summed E-state index contributed by atoms with van der Waals surface area (Å²) in [5, 5.41) is 6.11. The molecule has 0 spiro atoms. The largest absolute Gasteiger partial charge is 0.459 e. The van der Waals surface area contributed by atoms with Gasteiger partial charge in [0.15, 0.2) is 0 Å². The number of hydrogen-bond donors (Lipinski definition) is 1. The average molecular weight is 354 g/mol. The molecular weight excluding hydrogens is 332 g/mol. The number of carbonyl (C=O) groups excluding carboxylic acids is 1. The Morgan fingerprint density at radius 3 is 2.92 bits per heavy atom. The molecule has 0 bridgehead atoms. The van der Waals surface area contributed by atoms with Crippen molar-refractivity contribution in [2.75, 3.05) is 13.1 Å². The minimum Gasteiger partial charge on any atom is -0.459 e. The van der Waals surface area contributed by atoms with Crippen LogP contribution in [0, 0.1) is 0 Å². The third kappa shape index (κ3) is 4.59. The molecule has 1 atom stereocenters. The van der Waals surface area contributed by atoms with Gasteiger partial charge in [-0.05, 0) is 30.5 Å². The second kappa shape index (κ2) is 8.14. The molecule has 2 aromatic heterocycles. The van der Waals surface area contributed by atoms with Crippen LogP contribution >= 0.6 is 11.3 Å². The van der Waals surface area contributed by atoms with Crippen molar-refractivity contribution in [2.24, 2.45) is 0 Å². The van der Waals surface area contributed by atoms with Crippen molar-refractivity contribution < 1.29 is 9.21 Å². The normalized spacial score (nSPS) is 12.4. The van der Waals surface area contributed by atoms with E-state index in [-0.39, 0.29) is 11.9 Å². The highest BCUT2D eigenvalue weighted by molar-refractivity contribution is 7.09. The van der Waals surface area contributed by atoms with Crippen molar-refractivity contribution in [3.05, 3.63) is 71.1 Å². The molecule has 5 heteroatoms. The Morgan fingerprint density at radius 2 is 2.20 bits per heavy atom. The van der Waals surface area contributed by atoms with Crippen LogP contribution in [0.3, 0.4) is 0 Å². The second-order valence-corrected chi connectivity index (χ2v) is 7.05. The molecule has 0 fully saturated rings. The monoisotopic (exact) mass is 354 g/mol. The van der Waals surface area contributed by atoms with Crippen molar-refractivity contribution in [3.8, 4) is 0 Å². The molecule has 1 N–H and O–H groups in total. The maximum Gasteiger partial charge on any atom is 0.234 e. The molecule has 3 rings (SSSR count). The number of rotatable bonds is 8. The lowest BCUT2D eigenvalue weighted by atomic mass is 10.2. The van der Waals surface area contributed by atoms with E-state index in [2.05, 4.69) is 22.9 Å². The molecular formula is C20H22N2O2S. The van der Waals surface area contributed by atoms with Crippen LogP contribution in [0.5, 0.6) is 0 Å². The zero-order chi connectivity index (χ0) is 17.6. The van der Waals surface area contributed by atoms with Gasteiger partial charge in [0.1, 0.15) is 11.3 Å². The van der Waals surface area contributed by atoms with Crippen molar-refractivity contribution in [1.82, 2.24) is 10.2 Å². The highest BCUT2D eigenvalue weighted by atomic mass is 32.1. The average Bonchev–Trinajstić information content (AvgIpc) is 3.23. The Kier molecular flexibility index (Phi) is 5.68. The fourth-order valence-corrected chi connectivity index (χ4v) is 3.51. The third-order valence-electron chi connectivity index (χ3n) is 3.96. The molecule has 0 radical (unpaired) electrons. The standard InChI is InChI=1S/C20H22N2O2S/c1-3-10-22(13-17-8-6-11-25-17)14-20(23)21-15(2)19-12-16-7-4-5-9-18(16)24-19/h3-9,11-12,15H,1,10,13-14H2,2H3,(H,21,23). The number of benzene rings is 1. The molecule has 1 amide bonds. The van der Waals surface area contributed by atoms with E-state index in [1.54, 1.807) is 11.3 Å². The molecule has 4 nitrogen and oxygen atoms in total. The van der Waals surface area contributed by atoms with E-state index in [9.17, 15) is 4.79 Å². The fraction of sp³-hybridized carbons (Fsp3) is 0.250. The molecule has 0 saturated carbocycles. The summed E-state index contributed by atoms with van der Waals surface area (Å²) in [6.45, 7) is 7.47. The molecule has 25 heavy (non-hydrogen) atoms. The van der Waals surface area contributed by atoms with Gasteiger partial charge < -0.3 is 9.73 Å². The van der Waals surface area contributed by atoms with Gasteiger partial charge in [-0.2, -0.15) is 0 Å². The Bertz CT molecular complexity index is 805. The van der Waals surface area contributed by atoms with Crippen molar-refractivity contribution in [1.29, 1.82) is 0 Å². The fourth-order valence-electron chi connectivity index (χ4n) is 2.77. The van der Waals surface area contributed by atoms with Gasteiger partial charge in [-0.15, -0.1) is 17.9 Å². The van der Waals surface area contributed by atoms with Crippen LogP contribution in [0.4, 0.5) is 0 Å². The lowest BCUT2D eigenvalue weighted by molar-refractivity contribution is -0.123. The SMILES string of the molecule is C=CCN(CC(=O)NC(C)c1cc2ccccc2o1)Cc1cccs1. The van der Waals surface area contributed by atoms with Crippen LogP contribution in [0.15, 0.2) is 64.9 Å². The first-order valence-corrected chi connectivity index (χ1v) is 9.17. The molecule has 1 unspecified atom stereocenters. The Hall–Kier alpha value is -2.37. The molecule has 0 aliphatic rings. The summed E-state index contributed by atoms with van der Waals surface area (Å²) in [4.78, 5) is 15.7. The summed E-state index contributed by atoms with van der Waals surface area (Å²) in [6.07, 6.45) is 1.82. The first-order chi connectivity index (χ1) is 12.2. The molecule has 0 aliphatic heterocycles. The molecule has 1 aromatic carbocycles. The van der Waals surface area contributed by atoms with Crippen LogP contribution in [0.2, 0.25) is 0 Å². The third-order valence-corrected chi connectivity index (χ3v) is 4.82. The summed E-state index contributed by atoms with van der Waals surface area (Å²) in [5.41, 5.74) is 0.838. The predicted molar refractivity (Wildman–Crippen MR) is 103 cm³/mol. The maximum atomic E-state index is 12.4. The number of para-hydroxylation sites is 1. The number of nitrogens with one attached hydrogen (secondary N) is 1. The van der Waals surface area contributed by atoms with Crippen LogP contribution < -0.4 is 5.32 Å². The quantitative estimate of drug-likeness (QED) is 0.611. The Balaban J connectivity index is 1.60. The highest BCUT2D eigenvalue weighted by Crippen LogP contribution is 2.23. The lowest BCUT2D eigenvalue weighted by Crippen LogP contribution is -2.37. The number of fused-ring (bicyclic) bond motifs is 1.